The Balaban J connectivity index is 2.16. The molecule has 0 fully saturated rings. The molecule has 4 nitrogen and oxygen atoms in total. The second-order valence-corrected chi connectivity index (χ2v) is 19.6. The molecular formula is C23H32N4Zr. The summed E-state index contributed by atoms with van der Waals surface area (Å²) in [6.07, 6.45) is 1.04. The molecule has 2 aromatic carbocycles. The van der Waals surface area contributed by atoms with Crippen molar-refractivity contribution in [3.8, 4) is 11.3 Å². The van der Waals surface area contributed by atoms with Crippen LogP contribution in [-0.4, -0.2) is 55.4 Å². The average Bonchev–Trinajstić information content (AvgIpc) is 3.12. The Morgan fingerprint density at radius 3 is 2.07 bits per heavy atom. The predicted molar refractivity (Wildman–Crippen MR) is 117 cm³/mol. The molecule has 0 spiro atoms. The zero-order chi connectivity index (χ0) is 20.4. The molecule has 3 aromatic rings. The summed E-state index contributed by atoms with van der Waals surface area (Å²) >= 11 is -3.24. The quantitative estimate of drug-likeness (QED) is 0.469. The molecule has 1 heterocycles. The van der Waals surface area contributed by atoms with Crippen LogP contribution in [-0.2, 0) is 34.6 Å². The summed E-state index contributed by atoms with van der Waals surface area (Å²) in [5, 5.41) is 1.50. The van der Waals surface area contributed by atoms with Crippen molar-refractivity contribution in [2.75, 3.05) is 42.3 Å². The van der Waals surface area contributed by atoms with Crippen LogP contribution in [0.5, 0.6) is 0 Å². The van der Waals surface area contributed by atoms with Gasteiger partial charge in [0.1, 0.15) is 0 Å². The molecule has 1 aromatic heterocycles. The number of nitrogens with zero attached hydrogens (tertiary/aromatic N) is 4. The maximum atomic E-state index is 2.54. The number of hydrogen-bond donors (Lipinski definition) is 0. The van der Waals surface area contributed by atoms with Crippen molar-refractivity contribution >= 4 is 14.2 Å². The molecule has 5 heteroatoms. The summed E-state index contributed by atoms with van der Waals surface area (Å²) in [5.74, 6) is 0. The van der Waals surface area contributed by atoms with Crippen LogP contribution >= 0.6 is 0 Å². The molecule has 0 aliphatic heterocycles. The third kappa shape index (κ3) is 2.50. The molecule has 0 atom stereocenters. The van der Waals surface area contributed by atoms with Crippen LogP contribution in [0.1, 0.15) is 16.7 Å². The van der Waals surface area contributed by atoms with Gasteiger partial charge < -0.3 is 0 Å². The fraction of sp³-hybridized carbons (Fsp3) is 0.391. The molecule has 0 N–H and O–H groups in total. The van der Waals surface area contributed by atoms with E-state index in [9.17, 15) is 0 Å². The summed E-state index contributed by atoms with van der Waals surface area (Å²) in [6, 6.07) is 13.6. The Bertz CT molecular complexity index is 1040. The molecule has 0 bridgehead atoms. The molecule has 28 heavy (non-hydrogen) atoms. The third-order valence-electron chi connectivity index (χ3n) is 6.52. The second-order valence-electron chi connectivity index (χ2n) is 8.69. The van der Waals surface area contributed by atoms with E-state index in [-0.39, 0.29) is 0 Å². The van der Waals surface area contributed by atoms with Crippen LogP contribution < -0.4 is 3.27 Å². The molecule has 0 radical (unpaired) electrons. The number of rotatable bonds is 4. The van der Waals surface area contributed by atoms with Crippen molar-refractivity contribution in [1.29, 1.82) is 0 Å². The van der Waals surface area contributed by atoms with E-state index in [4.69, 9.17) is 0 Å². The van der Waals surface area contributed by atoms with Gasteiger partial charge in [-0.3, -0.25) is 0 Å². The number of aromatic nitrogens is 1. The SMILES string of the molecule is Cc1ccc2c(c3c(n2C)-c2ccccc2C3)[c]1[Zr]([N](C)C)([N](C)C)[N](C)C. The minimum atomic E-state index is -3.24. The van der Waals surface area contributed by atoms with Gasteiger partial charge in [0.15, 0.2) is 0 Å². The molecule has 0 amide bonds. The predicted octanol–water partition coefficient (Wildman–Crippen LogP) is 3.27. The van der Waals surface area contributed by atoms with Crippen molar-refractivity contribution in [2.24, 2.45) is 7.05 Å². The first-order chi connectivity index (χ1) is 13.2. The molecule has 1 aliphatic rings. The van der Waals surface area contributed by atoms with Gasteiger partial charge in [-0.1, -0.05) is 0 Å². The molecule has 148 valence electrons. The Kier molecular flexibility index (Phi) is 4.95. The summed E-state index contributed by atoms with van der Waals surface area (Å²) in [6.45, 7) is 2.30. The van der Waals surface area contributed by atoms with Crippen LogP contribution in [0.3, 0.4) is 0 Å². The standard InChI is InChI=1S/C17H14N.3C2H6N.Zr/c1-11-7-8-16-14(9-11)15-10-12-5-3-4-6-13(12)17(15)18(16)2;3*1-3-2;/h3-8H,10H2,1-2H3;3*1-2H3;/q;3*-1;+3. The van der Waals surface area contributed by atoms with Gasteiger partial charge in [-0.05, 0) is 0 Å². The summed E-state index contributed by atoms with van der Waals surface area (Å²) in [5.41, 5.74) is 8.58. The van der Waals surface area contributed by atoms with Crippen LogP contribution in [0.4, 0.5) is 0 Å². The maximum absolute atomic E-state index is 3.24. The average molecular weight is 456 g/mol. The van der Waals surface area contributed by atoms with Crippen molar-refractivity contribution in [2.45, 2.75) is 13.3 Å². The Labute approximate surface area is 175 Å². The van der Waals surface area contributed by atoms with E-state index in [1.165, 1.54) is 38.9 Å². The monoisotopic (exact) mass is 454 g/mol. The van der Waals surface area contributed by atoms with Gasteiger partial charge in [-0.25, -0.2) is 0 Å². The van der Waals surface area contributed by atoms with Gasteiger partial charge in [-0.2, -0.15) is 0 Å². The third-order valence-corrected chi connectivity index (χ3v) is 19.0. The van der Waals surface area contributed by atoms with E-state index >= 15 is 0 Å². The van der Waals surface area contributed by atoms with Crippen LogP contribution in [0.15, 0.2) is 36.4 Å². The fourth-order valence-electron chi connectivity index (χ4n) is 5.64. The van der Waals surface area contributed by atoms with Crippen molar-refractivity contribution in [3.63, 3.8) is 0 Å². The Morgan fingerprint density at radius 1 is 0.857 bits per heavy atom. The van der Waals surface area contributed by atoms with E-state index < -0.39 is 21.1 Å². The van der Waals surface area contributed by atoms with Gasteiger partial charge in [0.25, 0.3) is 0 Å². The van der Waals surface area contributed by atoms with Gasteiger partial charge in [0.05, 0.1) is 0 Å². The van der Waals surface area contributed by atoms with Crippen molar-refractivity contribution in [1.82, 2.24) is 13.1 Å². The normalized spacial score (nSPS) is 13.8. The topological polar surface area (TPSA) is 14.7 Å². The number of benzene rings is 2. The van der Waals surface area contributed by atoms with Gasteiger partial charge >= 0.3 is 175 Å². The van der Waals surface area contributed by atoms with Crippen molar-refractivity contribution in [3.05, 3.63) is 53.1 Å². The van der Waals surface area contributed by atoms with E-state index in [2.05, 4.69) is 106 Å². The van der Waals surface area contributed by atoms with E-state index in [1.807, 2.05) is 0 Å². The number of aryl methyl sites for hydroxylation is 2. The van der Waals surface area contributed by atoms with E-state index in [1.54, 1.807) is 3.27 Å². The first kappa shape index (κ1) is 20.0. The molecular weight excluding hydrogens is 424 g/mol. The number of hydrogen-bond acceptors (Lipinski definition) is 3. The Hall–Kier alpha value is -1.26. The molecule has 0 saturated carbocycles. The van der Waals surface area contributed by atoms with E-state index in [0.717, 1.165) is 6.42 Å². The fourth-order valence-corrected chi connectivity index (χ4v) is 17.8. The first-order valence-electron chi connectivity index (χ1n) is 9.94. The Morgan fingerprint density at radius 2 is 1.46 bits per heavy atom. The summed E-state index contributed by atoms with van der Waals surface area (Å²) in [7, 11) is 15.9. The van der Waals surface area contributed by atoms with Gasteiger partial charge in [0.2, 0.25) is 0 Å². The van der Waals surface area contributed by atoms with Crippen molar-refractivity contribution < 1.29 is 21.1 Å². The van der Waals surface area contributed by atoms with Crippen LogP contribution in [0, 0.1) is 6.92 Å². The molecule has 0 saturated heterocycles. The molecule has 1 aliphatic carbocycles. The molecule has 0 unspecified atom stereocenters. The minimum absolute atomic E-state index is 1.04. The first-order valence-corrected chi connectivity index (χ1v) is 14.5. The summed E-state index contributed by atoms with van der Waals surface area (Å²) < 4.78 is 11.6. The number of fused-ring (bicyclic) bond motifs is 5. The summed E-state index contributed by atoms with van der Waals surface area (Å²) in [4.78, 5) is 0. The zero-order valence-electron chi connectivity index (χ0n) is 18.5. The second kappa shape index (κ2) is 6.91. The van der Waals surface area contributed by atoms with Crippen LogP contribution in [0.2, 0.25) is 0 Å². The van der Waals surface area contributed by atoms with E-state index in [0.29, 0.717) is 0 Å². The van der Waals surface area contributed by atoms with Crippen LogP contribution in [0.25, 0.3) is 22.2 Å². The molecule has 4 rings (SSSR count). The zero-order valence-corrected chi connectivity index (χ0v) is 20.9. The van der Waals surface area contributed by atoms with Gasteiger partial charge in [-0.15, -0.1) is 0 Å². The van der Waals surface area contributed by atoms with Gasteiger partial charge in [0, 0.05) is 0 Å².